The van der Waals surface area contributed by atoms with Gasteiger partial charge in [-0.2, -0.15) is 0 Å². The maximum absolute atomic E-state index is 11.2. The molecule has 0 unspecified atom stereocenters. The van der Waals surface area contributed by atoms with Crippen LogP contribution < -0.4 is 16.0 Å². The molecule has 0 aliphatic rings. The van der Waals surface area contributed by atoms with E-state index in [2.05, 4.69) is 22.5 Å². The molecule has 4 N–H and O–H groups in total. The number of carbonyl (C=O) groups is 4. The highest BCUT2D eigenvalue weighted by Gasteiger charge is 2.08. The van der Waals surface area contributed by atoms with Crippen LogP contribution in [0.1, 0.15) is 6.92 Å². The van der Waals surface area contributed by atoms with Gasteiger partial charge in [0.2, 0.25) is 17.7 Å². The molecule has 0 saturated carbocycles. The molecule has 0 aromatic heterocycles. The van der Waals surface area contributed by atoms with Crippen LogP contribution >= 0.6 is 0 Å². The molecular formula is C10H15N3O5. The molecule has 0 aliphatic heterocycles. The van der Waals surface area contributed by atoms with Crippen LogP contribution in [0.25, 0.3) is 0 Å². The number of hydrogen-bond acceptors (Lipinski definition) is 4. The highest BCUT2D eigenvalue weighted by Crippen LogP contribution is 1.83. The van der Waals surface area contributed by atoms with Crippen LogP contribution in [0.3, 0.4) is 0 Å². The molecule has 0 aromatic carbocycles. The summed E-state index contributed by atoms with van der Waals surface area (Å²) in [5, 5.41) is 14.8. The number of amides is 3. The fourth-order valence-corrected chi connectivity index (χ4v) is 0.790. The molecule has 0 heterocycles. The fourth-order valence-electron chi connectivity index (χ4n) is 0.790. The molecule has 0 atom stereocenters. The molecule has 0 rings (SSSR count). The van der Waals surface area contributed by atoms with Gasteiger partial charge in [-0.05, 0) is 6.92 Å². The summed E-state index contributed by atoms with van der Waals surface area (Å²) in [5.41, 5.74) is 0.266. The van der Waals surface area contributed by atoms with Crippen molar-refractivity contribution >= 4 is 23.7 Å². The Labute approximate surface area is 103 Å². The summed E-state index contributed by atoms with van der Waals surface area (Å²) >= 11 is 0. The molecule has 0 aromatic rings. The molecule has 0 spiro atoms. The van der Waals surface area contributed by atoms with Crippen LogP contribution in [-0.2, 0) is 19.2 Å². The Morgan fingerprint density at radius 1 is 0.944 bits per heavy atom. The number of carboxylic acid groups (broad SMARTS) is 1. The average molecular weight is 257 g/mol. The van der Waals surface area contributed by atoms with Crippen LogP contribution in [0.2, 0.25) is 0 Å². The molecule has 8 heteroatoms. The van der Waals surface area contributed by atoms with Crippen LogP contribution in [0.4, 0.5) is 0 Å². The van der Waals surface area contributed by atoms with E-state index in [1.807, 2.05) is 0 Å². The lowest BCUT2D eigenvalue weighted by molar-refractivity contribution is -0.137. The first-order valence-electron chi connectivity index (χ1n) is 5.01. The molecule has 0 fully saturated rings. The van der Waals surface area contributed by atoms with E-state index in [0.29, 0.717) is 0 Å². The van der Waals surface area contributed by atoms with E-state index in [1.54, 1.807) is 0 Å². The van der Waals surface area contributed by atoms with Gasteiger partial charge in [0.25, 0.3) is 0 Å². The van der Waals surface area contributed by atoms with Crippen LogP contribution in [0.5, 0.6) is 0 Å². The molecule has 0 radical (unpaired) electrons. The van der Waals surface area contributed by atoms with Crippen molar-refractivity contribution in [1.29, 1.82) is 0 Å². The van der Waals surface area contributed by atoms with Gasteiger partial charge in [-0.3, -0.25) is 19.2 Å². The Kier molecular flexibility index (Phi) is 6.79. The van der Waals surface area contributed by atoms with E-state index < -0.39 is 30.2 Å². The Morgan fingerprint density at radius 3 is 1.83 bits per heavy atom. The third-order valence-corrected chi connectivity index (χ3v) is 1.68. The molecule has 3 amide bonds. The van der Waals surface area contributed by atoms with Gasteiger partial charge in [0.1, 0.15) is 6.54 Å². The Balaban J connectivity index is 3.77. The first-order valence-corrected chi connectivity index (χ1v) is 5.01. The van der Waals surface area contributed by atoms with Gasteiger partial charge in [0.15, 0.2) is 0 Å². The first-order chi connectivity index (χ1) is 8.32. The monoisotopic (exact) mass is 257 g/mol. The molecule has 100 valence electrons. The number of aliphatic carboxylic acids is 1. The second-order valence-electron chi connectivity index (χ2n) is 3.41. The molecule has 8 nitrogen and oxygen atoms in total. The summed E-state index contributed by atoms with van der Waals surface area (Å²) in [7, 11) is 0. The van der Waals surface area contributed by atoms with Gasteiger partial charge in [-0.15, -0.1) is 0 Å². The van der Waals surface area contributed by atoms with E-state index in [4.69, 9.17) is 5.11 Å². The number of rotatable bonds is 7. The Hall–Kier alpha value is -2.38. The van der Waals surface area contributed by atoms with Crippen molar-refractivity contribution in [3.8, 4) is 0 Å². The van der Waals surface area contributed by atoms with Gasteiger partial charge in [-0.1, -0.05) is 6.58 Å². The summed E-state index contributed by atoms with van der Waals surface area (Å²) in [6.45, 7) is 3.73. The smallest absolute Gasteiger partial charge is 0.322 e. The van der Waals surface area contributed by atoms with Crippen molar-refractivity contribution in [2.75, 3.05) is 19.6 Å². The number of carboxylic acids is 1. The number of nitrogens with one attached hydrogen (secondary N) is 3. The zero-order valence-electron chi connectivity index (χ0n) is 9.91. The predicted octanol–water partition coefficient (Wildman–Crippen LogP) is -2.00. The lowest BCUT2D eigenvalue weighted by atomic mass is 10.3. The van der Waals surface area contributed by atoms with E-state index in [1.165, 1.54) is 6.92 Å². The molecule has 0 aliphatic carbocycles. The summed E-state index contributed by atoms with van der Waals surface area (Å²) in [5.74, 6) is -2.82. The summed E-state index contributed by atoms with van der Waals surface area (Å²) in [6.07, 6.45) is 0. The van der Waals surface area contributed by atoms with Crippen molar-refractivity contribution in [3.05, 3.63) is 12.2 Å². The van der Waals surface area contributed by atoms with Crippen LogP contribution in [0, 0.1) is 0 Å². The van der Waals surface area contributed by atoms with Gasteiger partial charge in [0.05, 0.1) is 13.1 Å². The normalized spacial score (nSPS) is 9.17. The van der Waals surface area contributed by atoms with Gasteiger partial charge in [0, 0.05) is 5.57 Å². The molecular weight excluding hydrogens is 242 g/mol. The van der Waals surface area contributed by atoms with E-state index in [-0.39, 0.29) is 18.7 Å². The van der Waals surface area contributed by atoms with Crippen molar-refractivity contribution in [2.45, 2.75) is 6.92 Å². The third kappa shape index (κ3) is 7.85. The zero-order chi connectivity index (χ0) is 14.1. The molecule has 18 heavy (non-hydrogen) atoms. The van der Waals surface area contributed by atoms with E-state index >= 15 is 0 Å². The largest absolute Gasteiger partial charge is 0.480 e. The molecule has 0 saturated heterocycles. The van der Waals surface area contributed by atoms with Crippen LogP contribution in [0.15, 0.2) is 12.2 Å². The fraction of sp³-hybridized carbons (Fsp3) is 0.400. The van der Waals surface area contributed by atoms with Crippen molar-refractivity contribution in [1.82, 2.24) is 16.0 Å². The SMILES string of the molecule is C=C(C)C(=O)NCC(=O)NCC(=O)NCC(=O)O. The highest BCUT2D eigenvalue weighted by atomic mass is 16.4. The maximum Gasteiger partial charge on any atom is 0.322 e. The van der Waals surface area contributed by atoms with Gasteiger partial charge in [-0.25, -0.2) is 0 Å². The van der Waals surface area contributed by atoms with E-state index in [0.717, 1.165) is 0 Å². The number of hydrogen-bond donors (Lipinski definition) is 4. The van der Waals surface area contributed by atoms with Crippen LogP contribution in [-0.4, -0.2) is 48.4 Å². The lowest BCUT2D eigenvalue weighted by Crippen LogP contribution is -2.43. The standard InChI is InChI=1S/C10H15N3O5/c1-6(2)10(18)13-4-8(15)11-3-7(14)12-5-9(16)17/h1,3-5H2,2H3,(H,11,15)(H,12,14)(H,13,18)(H,16,17). The maximum atomic E-state index is 11.2. The number of carbonyl (C=O) groups excluding carboxylic acids is 3. The summed E-state index contributed by atoms with van der Waals surface area (Å²) in [6, 6.07) is 0. The van der Waals surface area contributed by atoms with Crippen molar-refractivity contribution < 1.29 is 24.3 Å². The zero-order valence-corrected chi connectivity index (χ0v) is 9.91. The van der Waals surface area contributed by atoms with Gasteiger partial charge >= 0.3 is 5.97 Å². The summed E-state index contributed by atoms with van der Waals surface area (Å²) < 4.78 is 0. The lowest BCUT2D eigenvalue weighted by Gasteiger charge is -2.06. The minimum Gasteiger partial charge on any atom is -0.480 e. The second kappa shape index (κ2) is 7.82. The predicted molar refractivity (Wildman–Crippen MR) is 61.5 cm³/mol. The van der Waals surface area contributed by atoms with E-state index in [9.17, 15) is 19.2 Å². The minimum absolute atomic E-state index is 0.266. The van der Waals surface area contributed by atoms with Gasteiger partial charge < -0.3 is 21.1 Å². The topological polar surface area (TPSA) is 125 Å². The summed E-state index contributed by atoms with van der Waals surface area (Å²) in [4.78, 5) is 43.3. The Morgan fingerprint density at radius 2 is 1.39 bits per heavy atom. The van der Waals surface area contributed by atoms with Crippen molar-refractivity contribution in [2.24, 2.45) is 0 Å². The highest BCUT2D eigenvalue weighted by molar-refractivity contribution is 5.95. The van der Waals surface area contributed by atoms with Crippen molar-refractivity contribution in [3.63, 3.8) is 0 Å². The minimum atomic E-state index is -1.18. The second-order valence-corrected chi connectivity index (χ2v) is 3.41. The average Bonchev–Trinajstić information content (AvgIpc) is 2.30. The molecule has 0 bridgehead atoms. The first kappa shape index (κ1) is 15.6. The Bertz CT molecular complexity index is 378. The third-order valence-electron chi connectivity index (χ3n) is 1.68. The quantitative estimate of drug-likeness (QED) is 0.392.